The predicted octanol–water partition coefficient (Wildman–Crippen LogP) is 13.6. The third-order valence-corrected chi connectivity index (χ3v) is 10.4. The normalized spacial score (nSPS) is 13.6. The first-order valence-electron chi connectivity index (χ1n) is 18.9. The molecule has 0 fully saturated rings. The highest BCUT2D eigenvalue weighted by Crippen LogP contribution is 2.55. The Morgan fingerprint density at radius 3 is 1.54 bits per heavy atom. The van der Waals surface area contributed by atoms with E-state index in [-0.39, 0.29) is 35.8 Å². The number of benzene rings is 9. The number of hydrogen-bond acceptors (Lipinski definition) is 0. The van der Waals surface area contributed by atoms with E-state index in [1.54, 1.807) is 0 Å². The van der Waals surface area contributed by atoms with E-state index in [2.05, 4.69) is 121 Å². The molecule has 0 N–H and O–H groups in total. The second-order valence-electron chi connectivity index (χ2n) is 12.7. The van der Waals surface area contributed by atoms with Gasteiger partial charge >= 0.3 is 0 Å². The van der Waals surface area contributed by atoms with Gasteiger partial charge in [-0.1, -0.05) is 164 Å². The summed E-state index contributed by atoms with van der Waals surface area (Å²) in [5, 5.41) is 16.2. The molecule has 11 rings (SSSR count). The van der Waals surface area contributed by atoms with Crippen molar-refractivity contribution in [2.75, 3.05) is 0 Å². The molecular weight excluding hydrogens is 577 g/mol. The van der Waals surface area contributed by atoms with Gasteiger partial charge in [-0.15, -0.1) is 0 Å². The summed E-state index contributed by atoms with van der Waals surface area (Å²) in [5.41, 5.74) is 5.43. The zero-order chi connectivity index (χ0) is 35.7. The maximum absolute atomic E-state index is 8.89. The first-order valence-corrected chi connectivity index (χ1v) is 16.4. The third kappa shape index (κ3) is 3.34. The minimum Gasteiger partial charge on any atom is -0.0622 e. The van der Waals surface area contributed by atoms with Crippen LogP contribution < -0.4 is 0 Å². The fraction of sp³-hybridized carbons (Fsp3) is 0. The van der Waals surface area contributed by atoms with Gasteiger partial charge in [0.2, 0.25) is 0 Å². The lowest BCUT2D eigenvalue weighted by Crippen LogP contribution is -1.91. The van der Waals surface area contributed by atoms with Gasteiger partial charge in [0.25, 0.3) is 0 Å². The lowest BCUT2D eigenvalue weighted by Gasteiger charge is -2.19. The summed E-state index contributed by atoms with van der Waals surface area (Å²) < 4.78 is 43.0. The quantitative estimate of drug-likeness (QED) is 0.175. The summed E-state index contributed by atoms with van der Waals surface area (Å²) in [5.74, 6) is 0. The monoisotopic (exact) mass is 609 g/mol. The van der Waals surface area contributed by atoms with E-state index in [1.165, 1.54) is 48.7 Å². The van der Waals surface area contributed by atoms with Gasteiger partial charge in [0.05, 0.1) is 6.85 Å². The van der Waals surface area contributed by atoms with Crippen LogP contribution in [0, 0.1) is 0 Å². The fourth-order valence-corrected chi connectivity index (χ4v) is 8.61. The molecular formula is C48H28. The minimum atomic E-state index is -0.390. The molecule has 0 heteroatoms. The summed E-state index contributed by atoms with van der Waals surface area (Å²) in [7, 11) is 0. The van der Waals surface area contributed by atoms with Crippen molar-refractivity contribution >= 4 is 75.4 Å². The maximum Gasteiger partial charge on any atom is 0.0629 e. The van der Waals surface area contributed by atoms with Crippen LogP contribution in [0.4, 0.5) is 0 Å². The van der Waals surface area contributed by atoms with E-state index < -0.39 is 0 Å². The van der Waals surface area contributed by atoms with Gasteiger partial charge in [-0.3, -0.25) is 0 Å². The highest BCUT2D eigenvalue weighted by atomic mass is 14.3. The van der Waals surface area contributed by atoms with Gasteiger partial charge in [-0.25, -0.2) is 0 Å². The molecule has 0 radical (unpaired) electrons. The van der Waals surface area contributed by atoms with Gasteiger partial charge < -0.3 is 0 Å². The topological polar surface area (TPSA) is 0 Å². The molecule has 0 unspecified atom stereocenters. The van der Waals surface area contributed by atoms with Gasteiger partial charge in [-0.2, -0.15) is 0 Å². The Labute approximate surface area is 284 Å². The van der Waals surface area contributed by atoms with Crippen molar-refractivity contribution in [2.24, 2.45) is 0 Å². The molecule has 0 atom stereocenters. The van der Waals surface area contributed by atoms with Crippen LogP contribution in [0.1, 0.15) is 6.85 Å². The van der Waals surface area contributed by atoms with Crippen LogP contribution in [0.25, 0.3) is 109 Å². The SMILES string of the molecule is [2H]c1c([2H])c([2H])c(-c2ccc3c4c(-c5ccccc5)c5cc6c7ccccc7c7cccc(c5c(-c5ccccc5)c4c4cccc2c34)c76)c([2H])c1[2H]. The van der Waals surface area contributed by atoms with Crippen LogP contribution in [0.2, 0.25) is 0 Å². The Morgan fingerprint density at radius 2 is 0.812 bits per heavy atom. The largest absolute Gasteiger partial charge is 0.0629 e. The molecule has 0 nitrogen and oxygen atoms in total. The molecule has 0 aliphatic rings. The van der Waals surface area contributed by atoms with E-state index >= 15 is 0 Å². The standard InChI is InChI=1S/C48H28/c1-4-14-29(15-5-1)32-26-27-39-44-35(32)22-12-25-38(44)48-43(31-18-8-3-9-19-31)46-37-24-13-23-36-33-20-10-11-21-34(33)40(45(36)37)28-41(46)42(47(39)48)30-16-6-2-7-17-30/h1-28H/i1D,4D,5D,14D,15D. The van der Waals surface area contributed by atoms with Crippen molar-refractivity contribution in [3.8, 4) is 33.4 Å². The number of fused-ring (bicyclic) bond motifs is 8. The Kier molecular flexibility index (Phi) is 4.32. The molecule has 0 spiro atoms. The fourth-order valence-electron chi connectivity index (χ4n) is 8.61. The summed E-state index contributed by atoms with van der Waals surface area (Å²) >= 11 is 0. The van der Waals surface area contributed by atoms with E-state index in [0.29, 0.717) is 5.56 Å². The first-order chi connectivity index (χ1) is 25.9. The van der Waals surface area contributed by atoms with Crippen molar-refractivity contribution in [1.82, 2.24) is 0 Å². The smallest absolute Gasteiger partial charge is 0.0622 e. The van der Waals surface area contributed by atoms with E-state index in [9.17, 15) is 0 Å². The molecule has 0 aliphatic carbocycles. The van der Waals surface area contributed by atoms with E-state index in [0.717, 1.165) is 49.0 Å². The van der Waals surface area contributed by atoms with Crippen molar-refractivity contribution in [1.29, 1.82) is 0 Å². The maximum atomic E-state index is 8.89. The van der Waals surface area contributed by atoms with E-state index in [4.69, 9.17) is 6.85 Å². The highest BCUT2D eigenvalue weighted by Gasteiger charge is 2.26. The van der Waals surface area contributed by atoms with Crippen LogP contribution >= 0.6 is 0 Å². The van der Waals surface area contributed by atoms with Crippen molar-refractivity contribution < 1.29 is 6.85 Å². The lowest BCUT2D eigenvalue weighted by molar-refractivity contribution is 1.67. The summed E-state index contributed by atoms with van der Waals surface area (Å²) in [6, 6.07) is 48.1. The molecule has 11 aromatic carbocycles. The molecule has 220 valence electrons. The Morgan fingerprint density at radius 1 is 0.292 bits per heavy atom. The van der Waals surface area contributed by atoms with Gasteiger partial charge in [-0.05, 0) is 115 Å². The second kappa shape index (κ2) is 9.64. The molecule has 48 heavy (non-hydrogen) atoms. The van der Waals surface area contributed by atoms with Gasteiger partial charge in [0.15, 0.2) is 0 Å². The van der Waals surface area contributed by atoms with Crippen LogP contribution in [-0.2, 0) is 0 Å². The first kappa shape index (κ1) is 21.5. The third-order valence-electron chi connectivity index (χ3n) is 10.4. The molecule has 0 amide bonds. The Balaban J connectivity index is 1.44. The van der Waals surface area contributed by atoms with Crippen molar-refractivity contribution in [3.05, 3.63) is 170 Å². The van der Waals surface area contributed by atoms with Crippen LogP contribution in [0.3, 0.4) is 0 Å². The second-order valence-corrected chi connectivity index (χ2v) is 12.7. The average Bonchev–Trinajstić information content (AvgIpc) is 3.71. The Bertz CT molecular complexity index is 3290. The summed E-state index contributed by atoms with van der Waals surface area (Å²) in [6.07, 6.45) is 0. The average molecular weight is 610 g/mol. The Hall–Kier alpha value is -6.24. The summed E-state index contributed by atoms with van der Waals surface area (Å²) in [4.78, 5) is 0. The van der Waals surface area contributed by atoms with Crippen LogP contribution in [0.5, 0.6) is 0 Å². The molecule has 0 aromatic heterocycles. The molecule has 0 bridgehead atoms. The molecule has 0 heterocycles. The zero-order valence-corrected chi connectivity index (χ0v) is 25.8. The molecule has 0 saturated carbocycles. The molecule has 0 aliphatic heterocycles. The number of rotatable bonds is 3. The lowest BCUT2D eigenvalue weighted by atomic mass is 9.84. The van der Waals surface area contributed by atoms with Crippen LogP contribution in [0.15, 0.2) is 170 Å². The number of hydrogen-bond donors (Lipinski definition) is 0. The van der Waals surface area contributed by atoms with Crippen molar-refractivity contribution in [2.45, 2.75) is 0 Å². The summed E-state index contributed by atoms with van der Waals surface area (Å²) in [6.45, 7) is 0. The predicted molar refractivity (Wildman–Crippen MR) is 208 cm³/mol. The van der Waals surface area contributed by atoms with Gasteiger partial charge in [0, 0.05) is 0 Å². The molecule has 11 aromatic rings. The van der Waals surface area contributed by atoms with Gasteiger partial charge in [0.1, 0.15) is 0 Å². The molecule has 0 saturated heterocycles. The minimum absolute atomic E-state index is 0.197. The van der Waals surface area contributed by atoms with E-state index in [1.807, 2.05) is 18.2 Å². The van der Waals surface area contributed by atoms with Crippen LogP contribution in [-0.4, -0.2) is 0 Å². The highest BCUT2D eigenvalue weighted by molar-refractivity contribution is 6.45. The zero-order valence-electron chi connectivity index (χ0n) is 30.8. The van der Waals surface area contributed by atoms with Crippen molar-refractivity contribution in [3.63, 3.8) is 0 Å².